The molecule has 3 rings (SSSR count). The van der Waals surface area contributed by atoms with Crippen molar-refractivity contribution in [3.05, 3.63) is 42.7 Å². The van der Waals surface area contributed by atoms with Gasteiger partial charge in [-0.25, -0.2) is 4.68 Å². The Labute approximate surface area is 93.4 Å². The fourth-order valence-electron chi connectivity index (χ4n) is 1.53. The SMILES string of the molecule is c1ccc(-n2cccn2)c(OCC2CO2)c1. The summed E-state index contributed by atoms with van der Waals surface area (Å²) in [6, 6.07) is 9.74. The Hall–Kier alpha value is -1.81. The van der Waals surface area contributed by atoms with Crippen LogP contribution in [-0.4, -0.2) is 29.1 Å². The molecule has 4 nitrogen and oxygen atoms in total. The first-order valence-electron chi connectivity index (χ1n) is 5.27. The molecule has 16 heavy (non-hydrogen) atoms. The van der Waals surface area contributed by atoms with Crippen LogP contribution < -0.4 is 4.74 Å². The molecule has 1 unspecified atom stereocenters. The van der Waals surface area contributed by atoms with E-state index in [9.17, 15) is 0 Å². The molecule has 0 spiro atoms. The number of nitrogens with zero attached hydrogens (tertiary/aromatic N) is 2. The Balaban J connectivity index is 1.85. The van der Waals surface area contributed by atoms with Crippen LogP contribution in [0.2, 0.25) is 0 Å². The summed E-state index contributed by atoms with van der Waals surface area (Å²) in [5.74, 6) is 0.835. The second kappa shape index (κ2) is 3.98. The molecule has 1 aliphatic rings. The van der Waals surface area contributed by atoms with E-state index in [1.807, 2.05) is 36.5 Å². The number of ether oxygens (including phenoxy) is 2. The van der Waals surface area contributed by atoms with Gasteiger partial charge in [-0.2, -0.15) is 5.10 Å². The van der Waals surface area contributed by atoms with Gasteiger partial charge in [0, 0.05) is 12.4 Å². The molecule has 2 aromatic rings. The van der Waals surface area contributed by atoms with E-state index >= 15 is 0 Å². The van der Waals surface area contributed by atoms with E-state index in [-0.39, 0.29) is 6.10 Å². The van der Waals surface area contributed by atoms with Gasteiger partial charge in [0.15, 0.2) is 0 Å². The van der Waals surface area contributed by atoms with Crippen molar-refractivity contribution in [2.24, 2.45) is 0 Å². The van der Waals surface area contributed by atoms with Crippen LogP contribution in [0.25, 0.3) is 5.69 Å². The number of para-hydroxylation sites is 2. The highest BCUT2D eigenvalue weighted by Crippen LogP contribution is 2.23. The van der Waals surface area contributed by atoms with Gasteiger partial charge in [0.2, 0.25) is 0 Å². The summed E-state index contributed by atoms with van der Waals surface area (Å²) < 4.78 is 12.6. The first kappa shape index (κ1) is 9.42. The van der Waals surface area contributed by atoms with Gasteiger partial charge >= 0.3 is 0 Å². The lowest BCUT2D eigenvalue weighted by molar-refractivity contribution is 0.262. The summed E-state index contributed by atoms with van der Waals surface area (Å²) in [7, 11) is 0. The third-order valence-corrected chi connectivity index (χ3v) is 2.44. The Morgan fingerprint density at radius 1 is 1.38 bits per heavy atom. The monoisotopic (exact) mass is 216 g/mol. The highest BCUT2D eigenvalue weighted by Gasteiger charge is 2.23. The maximum absolute atomic E-state index is 5.70. The van der Waals surface area contributed by atoms with Crippen molar-refractivity contribution in [1.29, 1.82) is 0 Å². The van der Waals surface area contributed by atoms with Gasteiger partial charge in [-0.15, -0.1) is 0 Å². The minimum atomic E-state index is 0.269. The normalized spacial score (nSPS) is 18.4. The smallest absolute Gasteiger partial charge is 0.145 e. The quantitative estimate of drug-likeness (QED) is 0.729. The van der Waals surface area contributed by atoms with Crippen molar-refractivity contribution in [1.82, 2.24) is 9.78 Å². The van der Waals surface area contributed by atoms with Gasteiger partial charge in [-0.3, -0.25) is 0 Å². The van der Waals surface area contributed by atoms with Gasteiger partial charge in [-0.05, 0) is 18.2 Å². The van der Waals surface area contributed by atoms with Gasteiger partial charge < -0.3 is 9.47 Å². The Morgan fingerprint density at radius 3 is 3.00 bits per heavy atom. The Morgan fingerprint density at radius 2 is 2.25 bits per heavy atom. The van der Waals surface area contributed by atoms with Crippen LogP contribution in [0.3, 0.4) is 0 Å². The zero-order valence-corrected chi connectivity index (χ0v) is 8.74. The maximum Gasteiger partial charge on any atom is 0.145 e. The van der Waals surface area contributed by atoms with E-state index in [0.717, 1.165) is 18.0 Å². The summed E-state index contributed by atoms with van der Waals surface area (Å²) in [6.45, 7) is 1.42. The summed E-state index contributed by atoms with van der Waals surface area (Å²) in [4.78, 5) is 0. The van der Waals surface area contributed by atoms with Gasteiger partial charge in [-0.1, -0.05) is 12.1 Å². The first-order valence-corrected chi connectivity index (χ1v) is 5.27. The second-order valence-electron chi connectivity index (χ2n) is 3.68. The summed E-state index contributed by atoms with van der Waals surface area (Å²) >= 11 is 0. The average Bonchev–Trinajstić information content (AvgIpc) is 3.00. The molecule has 1 fully saturated rings. The van der Waals surface area contributed by atoms with Crippen molar-refractivity contribution in [3.63, 3.8) is 0 Å². The fraction of sp³-hybridized carbons (Fsp3) is 0.250. The Bertz CT molecular complexity index is 464. The van der Waals surface area contributed by atoms with Gasteiger partial charge in [0.05, 0.1) is 6.61 Å². The molecule has 4 heteroatoms. The molecule has 0 aliphatic carbocycles. The lowest BCUT2D eigenvalue weighted by Crippen LogP contribution is -2.07. The number of rotatable bonds is 4. The van der Waals surface area contributed by atoms with Crippen LogP contribution in [-0.2, 0) is 4.74 Å². The second-order valence-corrected chi connectivity index (χ2v) is 3.68. The standard InChI is InChI=1S/C12H12N2O2/c1-2-5-12(16-9-10-8-15-10)11(4-1)14-7-3-6-13-14/h1-7,10H,8-9H2. The van der Waals surface area contributed by atoms with Crippen LogP contribution in [0.15, 0.2) is 42.7 Å². The van der Waals surface area contributed by atoms with Crippen molar-refractivity contribution in [3.8, 4) is 11.4 Å². The minimum Gasteiger partial charge on any atom is -0.489 e. The molecule has 1 aromatic heterocycles. The minimum absolute atomic E-state index is 0.269. The molecule has 1 atom stereocenters. The van der Waals surface area contributed by atoms with Crippen molar-refractivity contribution in [2.75, 3.05) is 13.2 Å². The van der Waals surface area contributed by atoms with Crippen molar-refractivity contribution >= 4 is 0 Å². The van der Waals surface area contributed by atoms with E-state index in [1.165, 1.54) is 0 Å². The number of benzene rings is 1. The number of aromatic nitrogens is 2. The first-order chi connectivity index (χ1) is 7.93. The predicted molar refractivity (Wildman–Crippen MR) is 58.8 cm³/mol. The molecule has 0 saturated carbocycles. The van der Waals surface area contributed by atoms with Gasteiger partial charge in [0.25, 0.3) is 0 Å². The summed E-state index contributed by atoms with van der Waals surface area (Å²) in [5.41, 5.74) is 0.952. The maximum atomic E-state index is 5.70. The van der Waals surface area contributed by atoms with E-state index < -0.39 is 0 Å². The van der Waals surface area contributed by atoms with Gasteiger partial charge in [0.1, 0.15) is 24.1 Å². The van der Waals surface area contributed by atoms with Crippen LogP contribution in [0.4, 0.5) is 0 Å². The van der Waals surface area contributed by atoms with Crippen LogP contribution in [0.1, 0.15) is 0 Å². The molecule has 0 N–H and O–H groups in total. The van der Waals surface area contributed by atoms with E-state index in [2.05, 4.69) is 5.10 Å². The van der Waals surface area contributed by atoms with Crippen molar-refractivity contribution < 1.29 is 9.47 Å². The summed E-state index contributed by atoms with van der Waals surface area (Å²) in [5, 5.41) is 4.20. The third-order valence-electron chi connectivity index (χ3n) is 2.44. The number of epoxide rings is 1. The molecule has 82 valence electrons. The fourth-order valence-corrected chi connectivity index (χ4v) is 1.53. The molecule has 1 aromatic carbocycles. The van der Waals surface area contributed by atoms with E-state index in [0.29, 0.717) is 6.61 Å². The molecular formula is C12H12N2O2. The predicted octanol–water partition coefficient (Wildman–Crippen LogP) is 1.65. The number of hydrogen-bond donors (Lipinski definition) is 0. The lowest BCUT2D eigenvalue weighted by Gasteiger charge is -2.10. The molecule has 2 heterocycles. The molecule has 0 radical (unpaired) electrons. The largest absolute Gasteiger partial charge is 0.489 e. The zero-order valence-electron chi connectivity index (χ0n) is 8.74. The van der Waals surface area contributed by atoms with E-state index in [1.54, 1.807) is 10.9 Å². The highest BCUT2D eigenvalue weighted by atomic mass is 16.6. The third kappa shape index (κ3) is 1.92. The zero-order chi connectivity index (χ0) is 10.8. The lowest BCUT2D eigenvalue weighted by atomic mass is 10.3. The van der Waals surface area contributed by atoms with Crippen LogP contribution in [0.5, 0.6) is 5.75 Å². The molecule has 1 aliphatic heterocycles. The van der Waals surface area contributed by atoms with E-state index in [4.69, 9.17) is 9.47 Å². The molecule has 1 saturated heterocycles. The average molecular weight is 216 g/mol. The number of hydrogen-bond acceptors (Lipinski definition) is 3. The van der Waals surface area contributed by atoms with Crippen LogP contribution >= 0.6 is 0 Å². The molecule has 0 amide bonds. The Kier molecular flexibility index (Phi) is 2.34. The summed E-state index contributed by atoms with van der Waals surface area (Å²) in [6.07, 6.45) is 3.92. The van der Waals surface area contributed by atoms with Crippen molar-refractivity contribution in [2.45, 2.75) is 6.10 Å². The van der Waals surface area contributed by atoms with Crippen LogP contribution in [0, 0.1) is 0 Å². The molecular weight excluding hydrogens is 204 g/mol. The highest BCUT2D eigenvalue weighted by molar-refractivity contribution is 5.45. The topological polar surface area (TPSA) is 39.6 Å². The molecule has 0 bridgehead atoms.